The Morgan fingerprint density at radius 2 is 0.897 bits per heavy atom. The van der Waals surface area contributed by atoms with E-state index in [2.05, 4.69) is 81.4 Å². The number of hydrogen-bond donors (Lipinski definition) is 0. The van der Waals surface area contributed by atoms with E-state index in [9.17, 15) is 0 Å². The summed E-state index contributed by atoms with van der Waals surface area (Å²) in [7, 11) is -2.78. The quantitative estimate of drug-likeness (QED) is 0.0901. The van der Waals surface area contributed by atoms with Gasteiger partial charge in [0.1, 0.15) is 0 Å². The van der Waals surface area contributed by atoms with E-state index in [0.29, 0.717) is 0 Å². The lowest BCUT2D eigenvalue weighted by Gasteiger charge is -2.34. The van der Waals surface area contributed by atoms with Gasteiger partial charge in [0.15, 0.2) is 0 Å². The minimum Gasteiger partial charge on any atom is -0.388 e. The number of unbranched alkanes of at least 4 members (excludes halogenated alkanes) is 16. The van der Waals surface area contributed by atoms with Gasteiger partial charge in [-0.3, -0.25) is 0 Å². The van der Waals surface area contributed by atoms with Crippen molar-refractivity contribution in [3.05, 3.63) is 60.7 Å². The fraction of sp³-hybridized carbons (Fsp3) is 0.667. The maximum absolute atomic E-state index is 7.00. The average molecular weight is 553 g/mol. The van der Waals surface area contributed by atoms with Gasteiger partial charge in [0.25, 0.3) is 0 Å². The van der Waals surface area contributed by atoms with E-state index >= 15 is 0 Å². The van der Waals surface area contributed by atoms with E-state index in [1.54, 1.807) is 0 Å². The first-order chi connectivity index (χ1) is 19.2. The highest BCUT2D eigenvalue weighted by atomic mass is 28.4. The van der Waals surface area contributed by atoms with Crippen LogP contribution in [0.5, 0.6) is 0 Å². The van der Waals surface area contributed by atoms with E-state index < -0.39 is 8.56 Å². The molecule has 1 unspecified atom stereocenters. The molecule has 2 aromatic rings. The van der Waals surface area contributed by atoms with Crippen LogP contribution in [0.4, 0.5) is 0 Å². The third kappa shape index (κ3) is 14.2. The van der Waals surface area contributed by atoms with Crippen molar-refractivity contribution in [1.29, 1.82) is 0 Å². The minimum absolute atomic E-state index is 0.185. The van der Waals surface area contributed by atoms with Crippen LogP contribution in [-0.2, 0) is 8.85 Å². The first-order valence-electron chi connectivity index (χ1n) is 16.7. The van der Waals surface area contributed by atoms with E-state index in [1.807, 2.05) is 0 Å². The molecule has 0 aliphatic rings. The molecule has 0 bridgehead atoms. The second kappa shape index (κ2) is 22.3. The van der Waals surface area contributed by atoms with E-state index in [1.165, 1.54) is 120 Å². The van der Waals surface area contributed by atoms with Crippen LogP contribution in [0.1, 0.15) is 143 Å². The van der Waals surface area contributed by atoms with Crippen LogP contribution in [0.3, 0.4) is 0 Å². The Labute approximate surface area is 243 Å². The summed E-state index contributed by atoms with van der Waals surface area (Å²) in [5.41, 5.74) is 0. The molecule has 0 aliphatic heterocycles. The first-order valence-corrected chi connectivity index (χ1v) is 18.5. The van der Waals surface area contributed by atoms with Crippen molar-refractivity contribution < 1.29 is 8.85 Å². The molecule has 0 spiro atoms. The summed E-state index contributed by atoms with van der Waals surface area (Å²) in [6.45, 7) is 7.57. The number of hydrogen-bond acceptors (Lipinski definition) is 2. The predicted octanol–water partition coefficient (Wildman–Crippen LogP) is 10.1. The lowest BCUT2D eigenvalue weighted by Crippen LogP contribution is -2.64. The molecule has 0 saturated carbocycles. The van der Waals surface area contributed by atoms with Crippen molar-refractivity contribution in [2.75, 3.05) is 6.61 Å². The van der Waals surface area contributed by atoms with Gasteiger partial charge >= 0.3 is 8.56 Å². The Balaban J connectivity index is 1.76. The van der Waals surface area contributed by atoms with Crippen LogP contribution < -0.4 is 10.4 Å². The lowest BCUT2D eigenvalue weighted by molar-refractivity contribution is 0.132. The fourth-order valence-electron chi connectivity index (χ4n) is 5.53. The molecule has 0 heterocycles. The van der Waals surface area contributed by atoms with Crippen molar-refractivity contribution >= 4 is 18.9 Å². The molecule has 0 aliphatic carbocycles. The van der Waals surface area contributed by atoms with Gasteiger partial charge in [0.2, 0.25) is 0 Å². The van der Waals surface area contributed by atoms with Crippen molar-refractivity contribution in [1.82, 2.24) is 0 Å². The van der Waals surface area contributed by atoms with Crippen LogP contribution in [-0.4, -0.2) is 21.3 Å². The highest BCUT2D eigenvalue weighted by Gasteiger charge is 2.43. The average Bonchev–Trinajstić information content (AvgIpc) is 2.97. The summed E-state index contributed by atoms with van der Waals surface area (Å²) in [6, 6.07) is 21.5. The highest BCUT2D eigenvalue weighted by molar-refractivity contribution is 6.92. The van der Waals surface area contributed by atoms with Crippen LogP contribution in [0.25, 0.3) is 0 Å². The second-order valence-corrected chi connectivity index (χ2v) is 14.5. The Kier molecular flexibility index (Phi) is 19.3. The molecule has 0 saturated heterocycles. The first kappa shape index (κ1) is 33.8. The van der Waals surface area contributed by atoms with Crippen molar-refractivity contribution in [3.63, 3.8) is 0 Å². The Morgan fingerprint density at radius 1 is 0.513 bits per heavy atom. The Hall–Kier alpha value is -1.42. The third-order valence-electron chi connectivity index (χ3n) is 7.94. The van der Waals surface area contributed by atoms with Gasteiger partial charge in [-0.2, -0.15) is 0 Å². The maximum atomic E-state index is 7.00. The monoisotopic (exact) mass is 552 g/mol. The second-order valence-electron chi connectivity index (χ2n) is 11.6. The summed E-state index contributed by atoms with van der Waals surface area (Å²) in [4.78, 5) is 0. The summed E-state index contributed by atoms with van der Waals surface area (Å²) < 4.78 is 13.9. The van der Waals surface area contributed by atoms with Crippen molar-refractivity contribution in [2.45, 2.75) is 149 Å². The molecule has 3 heteroatoms. The third-order valence-corrected chi connectivity index (χ3v) is 11.5. The largest absolute Gasteiger partial charge is 0.407 e. The lowest BCUT2D eigenvalue weighted by atomic mass is 10.0. The van der Waals surface area contributed by atoms with E-state index in [0.717, 1.165) is 19.4 Å². The fourth-order valence-corrected chi connectivity index (χ4v) is 8.92. The van der Waals surface area contributed by atoms with Gasteiger partial charge in [0.05, 0.1) is 0 Å². The van der Waals surface area contributed by atoms with Gasteiger partial charge in [-0.15, -0.1) is 0 Å². The Bertz CT molecular complexity index is 755. The summed E-state index contributed by atoms with van der Waals surface area (Å²) >= 11 is 0. The molecule has 220 valence electrons. The summed E-state index contributed by atoms with van der Waals surface area (Å²) in [5, 5.41) is 2.44. The van der Waals surface area contributed by atoms with Gasteiger partial charge in [0, 0.05) is 12.7 Å². The van der Waals surface area contributed by atoms with Crippen molar-refractivity contribution in [3.8, 4) is 0 Å². The zero-order valence-electron chi connectivity index (χ0n) is 25.8. The minimum atomic E-state index is -2.78. The van der Waals surface area contributed by atoms with Gasteiger partial charge < -0.3 is 8.85 Å². The van der Waals surface area contributed by atoms with Gasteiger partial charge in [-0.05, 0) is 30.1 Å². The topological polar surface area (TPSA) is 18.5 Å². The molecule has 2 nitrogen and oxygen atoms in total. The molecule has 39 heavy (non-hydrogen) atoms. The normalized spacial score (nSPS) is 12.6. The molecule has 0 N–H and O–H groups in total. The zero-order chi connectivity index (χ0) is 27.9. The highest BCUT2D eigenvalue weighted by Crippen LogP contribution is 2.18. The molecule has 2 rings (SSSR count). The van der Waals surface area contributed by atoms with Crippen LogP contribution >= 0.6 is 0 Å². The van der Waals surface area contributed by atoms with Crippen LogP contribution in [0.2, 0.25) is 0 Å². The Morgan fingerprint density at radius 3 is 1.33 bits per heavy atom. The maximum Gasteiger partial charge on any atom is 0.407 e. The van der Waals surface area contributed by atoms with Gasteiger partial charge in [-0.1, -0.05) is 184 Å². The number of benzene rings is 2. The predicted molar refractivity (Wildman–Crippen MR) is 173 cm³/mol. The van der Waals surface area contributed by atoms with Crippen LogP contribution in [0.15, 0.2) is 60.7 Å². The molecular formula is C36H60O2Si. The summed E-state index contributed by atoms with van der Waals surface area (Å²) in [6.07, 6.45) is 25.7. The molecule has 0 amide bonds. The molecule has 1 atom stereocenters. The molecular weight excluding hydrogens is 492 g/mol. The number of rotatable bonds is 25. The summed E-state index contributed by atoms with van der Waals surface area (Å²) in [5.74, 6) is 0. The molecule has 0 aromatic heterocycles. The molecule has 2 aromatic carbocycles. The van der Waals surface area contributed by atoms with Gasteiger partial charge in [-0.25, -0.2) is 0 Å². The van der Waals surface area contributed by atoms with E-state index in [-0.39, 0.29) is 6.10 Å². The van der Waals surface area contributed by atoms with Crippen molar-refractivity contribution in [2.24, 2.45) is 0 Å². The van der Waals surface area contributed by atoms with Crippen LogP contribution in [0, 0.1) is 0 Å². The zero-order valence-corrected chi connectivity index (χ0v) is 26.8. The molecule has 0 radical (unpaired) electrons. The SMILES string of the molecule is CCCCCCCCCCCCCCCCCO[Si](OC(C)CCCCC)(c1ccccc1)c1ccccc1. The standard InChI is InChI=1S/C36H60O2Si/c1-4-6-8-9-10-11-12-13-14-15-16-17-18-19-27-33-37-39(35-29-23-20-24-30-35,36-31-25-21-26-32-36)38-34(3)28-22-7-5-2/h20-21,23-26,29-32,34H,4-19,22,27-28,33H2,1-3H3. The smallest absolute Gasteiger partial charge is 0.388 e. The molecule has 0 fully saturated rings. The van der Waals surface area contributed by atoms with E-state index in [4.69, 9.17) is 8.85 Å².